The summed E-state index contributed by atoms with van der Waals surface area (Å²) in [6.45, 7) is 2.97. The van der Waals surface area contributed by atoms with Crippen molar-refractivity contribution in [1.29, 1.82) is 0 Å². The van der Waals surface area contributed by atoms with Gasteiger partial charge in [0.05, 0.1) is 6.61 Å². The number of nitrogens with one attached hydrogen (secondary N) is 2. The lowest BCUT2D eigenvalue weighted by Crippen LogP contribution is -2.32. The molecule has 2 heterocycles. The zero-order valence-electron chi connectivity index (χ0n) is 16.3. The Bertz CT molecular complexity index is 801. The lowest BCUT2D eigenvalue weighted by atomic mass is 9.99. The molecule has 0 bridgehead atoms. The van der Waals surface area contributed by atoms with Gasteiger partial charge in [-0.3, -0.25) is 15.6 Å². The minimum Gasteiger partial charge on any atom is -0.477 e. The van der Waals surface area contributed by atoms with Crippen LogP contribution in [0.5, 0.6) is 5.88 Å². The maximum absolute atomic E-state index is 13.4. The van der Waals surface area contributed by atoms with Crippen LogP contribution in [0.25, 0.3) is 0 Å². The lowest BCUT2D eigenvalue weighted by molar-refractivity contribution is 0.0786. The van der Waals surface area contributed by atoms with Crippen LogP contribution in [-0.2, 0) is 0 Å². The summed E-state index contributed by atoms with van der Waals surface area (Å²) in [5.74, 6) is 0.0675. The molecule has 6 nitrogen and oxygen atoms in total. The van der Waals surface area contributed by atoms with E-state index < -0.39 is 0 Å². The van der Waals surface area contributed by atoms with Gasteiger partial charge in [0.15, 0.2) is 0 Å². The van der Waals surface area contributed by atoms with Gasteiger partial charge in [-0.2, -0.15) is 0 Å². The first-order valence-corrected chi connectivity index (χ1v) is 9.68. The Morgan fingerprint density at radius 2 is 2.18 bits per heavy atom. The van der Waals surface area contributed by atoms with E-state index in [1.165, 1.54) is 6.07 Å². The monoisotopic (exact) mass is 386 g/mol. The van der Waals surface area contributed by atoms with Gasteiger partial charge in [-0.15, -0.1) is 0 Å². The van der Waals surface area contributed by atoms with Crippen molar-refractivity contribution in [3.8, 4) is 5.88 Å². The molecule has 7 heteroatoms. The minimum atomic E-state index is -0.218. The van der Waals surface area contributed by atoms with Crippen molar-refractivity contribution >= 4 is 5.91 Å². The molecule has 2 unspecified atom stereocenters. The maximum Gasteiger partial charge on any atom is 0.259 e. The van der Waals surface area contributed by atoms with E-state index in [9.17, 15) is 9.18 Å². The number of ether oxygens (including phenoxy) is 1. The number of aromatic nitrogens is 1. The van der Waals surface area contributed by atoms with Gasteiger partial charge >= 0.3 is 0 Å². The fourth-order valence-corrected chi connectivity index (χ4v) is 3.44. The van der Waals surface area contributed by atoms with Crippen LogP contribution in [0.2, 0.25) is 0 Å². The third kappa shape index (κ3) is 5.05. The first kappa shape index (κ1) is 20.2. The van der Waals surface area contributed by atoms with Crippen molar-refractivity contribution in [2.24, 2.45) is 0 Å². The molecular weight excluding hydrogens is 359 g/mol. The average Bonchev–Trinajstić information content (AvgIpc) is 3.17. The van der Waals surface area contributed by atoms with E-state index in [0.717, 1.165) is 24.8 Å². The van der Waals surface area contributed by atoms with E-state index in [4.69, 9.17) is 4.74 Å². The molecule has 0 aliphatic carbocycles. The SMILES string of the molecule is CCOc1ncccc1C(=O)N(C)CCCC1CC(c2cccc(F)c2)NN1. The molecule has 1 aromatic carbocycles. The maximum atomic E-state index is 13.4. The van der Waals surface area contributed by atoms with Crippen molar-refractivity contribution in [2.75, 3.05) is 20.2 Å². The highest BCUT2D eigenvalue weighted by Gasteiger charge is 2.25. The van der Waals surface area contributed by atoms with E-state index in [1.54, 1.807) is 42.4 Å². The fourth-order valence-electron chi connectivity index (χ4n) is 3.44. The van der Waals surface area contributed by atoms with Crippen LogP contribution >= 0.6 is 0 Å². The van der Waals surface area contributed by atoms with Gasteiger partial charge in [-0.25, -0.2) is 9.37 Å². The van der Waals surface area contributed by atoms with Gasteiger partial charge in [0.1, 0.15) is 11.4 Å². The van der Waals surface area contributed by atoms with E-state index >= 15 is 0 Å². The first-order chi connectivity index (χ1) is 13.6. The topological polar surface area (TPSA) is 66.5 Å². The second kappa shape index (κ2) is 9.61. The van der Waals surface area contributed by atoms with Crippen LogP contribution in [0, 0.1) is 5.82 Å². The number of benzene rings is 1. The summed E-state index contributed by atoms with van der Waals surface area (Å²) in [5.41, 5.74) is 7.95. The molecule has 28 heavy (non-hydrogen) atoms. The molecule has 2 atom stereocenters. The summed E-state index contributed by atoms with van der Waals surface area (Å²) in [7, 11) is 1.79. The van der Waals surface area contributed by atoms with Crippen LogP contribution in [0.1, 0.15) is 48.1 Å². The largest absolute Gasteiger partial charge is 0.477 e. The number of nitrogens with zero attached hydrogens (tertiary/aromatic N) is 2. The minimum absolute atomic E-state index is 0.0910. The third-order valence-corrected chi connectivity index (χ3v) is 4.91. The summed E-state index contributed by atoms with van der Waals surface area (Å²) >= 11 is 0. The van der Waals surface area contributed by atoms with Gasteiger partial charge in [-0.1, -0.05) is 12.1 Å². The van der Waals surface area contributed by atoms with Gasteiger partial charge in [0, 0.05) is 31.9 Å². The van der Waals surface area contributed by atoms with Crippen molar-refractivity contribution in [3.63, 3.8) is 0 Å². The van der Waals surface area contributed by atoms with Crippen molar-refractivity contribution in [2.45, 2.75) is 38.3 Å². The average molecular weight is 386 g/mol. The predicted molar refractivity (Wildman–Crippen MR) is 105 cm³/mol. The number of rotatable bonds is 8. The van der Waals surface area contributed by atoms with E-state index in [1.807, 2.05) is 13.0 Å². The molecule has 1 aliphatic rings. The second-order valence-corrected chi connectivity index (χ2v) is 6.99. The fraction of sp³-hybridized carbons (Fsp3) is 0.429. The van der Waals surface area contributed by atoms with Crippen LogP contribution in [0.15, 0.2) is 42.6 Å². The highest BCUT2D eigenvalue weighted by molar-refractivity contribution is 5.96. The number of amides is 1. The van der Waals surface area contributed by atoms with E-state index in [0.29, 0.717) is 24.6 Å². The van der Waals surface area contributed by atoms with Gasteiger partial charge in [0.25, 0.3) is 5.91 Å². The number of carbonyl (C=O) groups is 1. The number of halogens is 1. The molecule has 1 saturated heterocycles. The normalized spacial score (nSPS) is 18.8. The van der Waals surface area contributed by atoms with Crippen LogP contribution in [-0.4, -0.2) is 42.0 Å². The molecule has 1 amide bonds. The molecule has 150 valence electrons. The second-order valence-electron chi connectivity index (χ2n) is 6.99. The highest BCUT2D eigenvalue weighted by atomic mass is 19.1. The molecule has 3 rings (SSSR count). The summed E-state index contributed by atoms with van der Waals surface area (Å²) < 4.78 is 18.9. The Kier molecular flexibility index (Phi) is 6.95. The molecule has 1 aromatic heterocycles. The Morgan fingerprint density at radius 3 is 2.96 bits per heavy atom. The van der Waals surface area contributed by atoms with Crippen LogP contribution in [0.4, 0.5) is 4.39 Å². The molecule has 0 radical (unpaired) electrons. The number of hydrogen-bond donors (Lipinski definition) is 2. The number of hydrazine groups is 1. The van der Waals surface area contributed by atoms with E-state index in [-0.39, 0.29) is 23.8 Å². The van der Waals surface area contributed by atoms with Crippen LogP contribution in [0.3, 0.4) is 0 Å². The number of hydrogen-bond acceptors (Lipinski definition) is 5. The van der Waals surface area contributed by atoms with Crippen molar-refractivity contribution < 1.29 is 13.9 Å². The summed E-state index contributed by atoms with van der Waals surface area (Å²) in [6.07, 6.45) is 4.29. The highest BCUT2D eigenvalue weighted by Crippen LogP contribution is 2.24. The Balaban J connectivity index is 1.47. The third-order valence-electron chi connectivity index (χ3n) is 4.91. The molecule has 1 fully saturated rings. The molecular formula is C21H27FN4O2. The summed E-state index contributed by atoms with van der Waals surface area (Å²) in [5, 5.41) is 0. The number of pyridine rings is 1. The van der Waals surface area contributed by atoms with E-state index in [2.05, 4.69) is 15.8 Å². The molecule has 1 aliphatic heterocycles. The van der Waals surface area contributed by atoms with Crippen LogP contribution < -0.4 is 15.6 Å². The van der Waals surface area contributed by atoms with Crippen molar-refractivity contribution in [1.82, 2.24) is 20.7 Å². The molecule has 2 N–H and O–H groups in total. The van der Waals surface area contributed by atoms with Crippen molar-refractivity contribution in [3.05, 3.63) is 59.5 Å². The van der Waals surface area contributed by atoms with Gasteiger partial charge < -0.3 is 9.64 Å². The van der Waals surface area contributed by atoms with Gasteiger partial charge in [0.2, 0.25) is 5.88 Å². The predicted octanol–water partition coefficient (Wildman–Crippen LogP) is 3.08. The summed E-state index contributed by atoms with van der Waals surface area (Å²) in [6, 6.07) is 10.6. The van der Waals surface area contributed by atoms with Gasteiger partial charge in [-0.05, 0) is 56.0 Å². The molecule has 0 spiro atoms. The zero-order chi connectivity index (χ0) is 19.9. The quantitative estimate of drug-likeness (QED) is 0.730. The number of carbonyl (C=O) groups excluding carboxylic acids is 1. The summed E-state index contributed by atoms with van der Waals surface area (Å²) in [4.78, 5) is 18.5. The first-order valence-electron chi connectivity index (χ1n) is 9.68. The zero-order valence-corrected chi connectivity index (χ0v) is 16.3. The Hall–Kier alpha value is -2.51. The standard InChI is InChI=1S/C21H27FN4O2/c1-3-28-20-18(10-5-11-23-20)21(27)26(2)12-6-9-17-14-19(25-24-17)15-7-4-8-16(22)13-15/h4-5,7-8,10-11,13,17,19,24-25H,3,6,9,12,14H2,1-2H3. The Morgan fingerprint density at radius 1 is 1.32 bits per heavy atom. The molecule has 2 aromatic rings. The smallest absolute Gasteiger partial charge is 0.259 e. The molecule has 0 saturated carbocycles. The Labute approximate surface area is 165 Å². The lowest BCUT2D eigenvalue weighted by Gasteiger charge is -2.19.